The molecule has 1 saturated heterocycles. The third-order valence-corrected chi connectivity index (χ3v) is 6.43. The Morgan fingerprint density at radius 3 is 2.46 bits per heavy atom. The van der Waals surface area contributed by atoms with E-state index in [1.165, 1.54) is 0 Å². The van der Waals surface area contributed by atoms with Crippen molar-refractivity contribution in [3.8, 4) is 0 Å². The number of benzene rings is 2. The summed E-state index contributed by atoms with van der Waals surface area (Å²) in [6.45, 7) is 1.97. The molecule has 28 heavy (non-hydrogen) atoms. The van der Waals surface area contributed by atoms with Crippen molar-refractivity contribution in [1.29, 1.82) is 0 Å². The molecule has 2 aromatic rings. The second kappa shape index (κ2) is 7.37. The highest BCUT2D eigenvalue weighted by atomic mass is 32.2. The van der Waals surface area contributed by atoms with E-state index in [1.54, 1.807) is 48.5 Å². The molecule has 0 unspecified atom stereocenters. The average molecular weight is 398 g/mol. The first-order valence-corrected chi connectivity index (χ1v) is 10.7. The molecule has 2 aliphatic rings. The van der Waals surface area contributed by atoms with Crippen molar-refractivity contribution in [3.05, 3.63) is 59.7 Å². The molecule has 1 amide bonds. The van der Waals surface area contributed by atoms with Crippen molar-refractivity contribution in [2.45, 2.75) is 23.8 Å². The third-order valence-electron chi connectivity index (χ3n) is 5.10. The summed E-state index contributed by atoms with van der Waals surface area (Å²) in [6.07, 6.45) is 1.91. The van der Waals surface area contributed by atoms with Gasteiger partial charge in [-0.3, -0.25) is 4.79 Å². The SMILES string of the molecule is CN1CCC(NC(=O)c2ccc(NC3=NS(=O)(=O)c4ccccc43)cc2)CC1. The van der Waals surface area contributed by atoms with E-state index in [-0.39, 0.29) is 16.8 Å². The lowest BCUT2D eigenvalue weighted by Gasteiger charge is -2.29. The predicted octanol–water partition coefficient (Wildman–Crippen LogP) is 2.07. The Morgan fingerprint density at radius 2 is 1.75 bits per heavy atom. The predicted molar refractivity (Wildman–Crippen MR) is 108 cm³/mol. The van der Waals surface area contributed by atoms with E-state index in [0.717, 1.165) is 25.9 Å². The van der Waals surface area contributed by atoms with Crippen LogP contribution in [-0.2, 0) is 10.0 Å². The normalized spacial score (nSPS) is 19.0. The largest absolute Gasteiger partial charge is 0.349 e. The first-order chi connectivity index (χ1) is 13.4. The number of fused-ring (bicyclic) bond motifs is 1. The van der Waals surface area contributed by atoms with E-state index in [0.29, 0.717) is 22.6 Å². The van der Waals surface area contributed by atoms with E-state index in [2.05, 4.69) is 27.0 Å². The quantitative estimate of drug-likeness (QED) is 0.826. The number of amides is 1. The van der Waals surface area contributed by atoms with Crippen LogP contribution < -0.4 is 10.6 Å². The number of carbonyl (C=O) groups is 1. The highest BCUT2D eigenvalue weighted by Gasteiger charge is 2.28. The molecule has 0 atom stereocenters. The standard InChI is InChI=1S/C20H22N4O3S/c1-24-12-10-16(11-13-24)22-20(25)14-6-8-15(9-7-14)21-19-17-4-2-3-5-18(17)28(26,27)23-19/h2-9,16H,10-13H2,1H3,(H,21,23)(H,22,25). The third kappa shape index (κ3) is 3.79. The molecule has 0 bridgehead atoms. The van der Waals surface area contributed by atoms with Crippen molar-refractivity contribution in [1.82, 2.24) is 10.2 Å². The highest BCUT2D eigenvalue weighted by molar-refractivity contribution is 7.90. The molecule has 2 heterocycles. The Hall–Kier alpha value is -2.71. The summed E-state index contributed by atoms with van der Waals surface area (Å²) in [4.78, 5) is 14.9. The van der Waals surface area contributed by atoms with Gasteiger partial charge in [0, 0.05) is 22.9 Å². The number of rotatable bonds is 3. The van der Waals surface area contributed by atoms with Crippen LogP contribution in [0, 0.1) is 0 Å². The zero-order valence-corrected chi connectivity index (χ0v) is 16.4. The van der Waals surface area contributed by atoms with Crippen LogP contribution in [0.25, 0.3) is 0 Å². The van der Waals surface area contributed by atoms with Crippen LogP contribution >= 0.6 is 0 Å². The summed E-state index contributed by atoms with van der Waals surface area (Å²) in [6, 6.07) is 13.9. The molecule has 8 heteroatoms. The molecule has 0 aliphatic carbocycles. The Kier molecular flexibility index (Phi) is 4.91. The number of nitrogens with one attached hydrogen (secondary N) is 2. The van der Waals surface area contributed by atoms with E-state index in [4.69, 9.17) is 0 Å². The first-order valence-electron chi connectivity index (χ1n) is 9.23. The monoisotopic (exact) mass is 398 g/mol. The number of piperidine rings is 1. The van der Waals surface area contributed by atoms with Crippen molar-refractivity contribution >= 4 is 27.5 Å². The summed E-state index contributed by atoms with van der Waals surface area (Å²) >= 11 is 0. The highest BCUT2D eigenvalue weighted by Crippen LogP contribution is 2.26. The topological polar surface area (TPSA) is 90.9 Å². The van der Waals surface area contributed by atoms with Crippen molar-refractivity contribution in [3.63, 3.8) is 0 Å². The number of nitrogens with zero attached hydrogens (tertiary/aromatic N) is 2. The maximum Gasteiger partial charge on any atom is 0.285 e. The van der Waals surface area contributed by atoms with Crippen LogP contribution in [0.5, 0.6) is 0 Å². The molecule has 7 nitrogen and oxygen atoms in total. The second-order valence-electron chi connectivity index (χ2n) is 7.16. The van der Waals surface area contributed by atoms with E-state index in [1.807, 2.05) is 0 Å². The Balaban J connectivity index is 1.44. The van der Waals surface area contributed by atoms with Crippen LogP contribution in [0.1, 0.15) is 28.8 Å². The van der Waals surface area contributed by atoms with Gasteiger partial charge in [-0.15, -0.1) is 4.40 Å². The van der Waals surface area contributed by atoms with Gasteiger partial charge in [0.2, 0.25) is 0 Å². The van der Waals surface area contributed by atoms with E-state index in [9.17, 15) is 13.2 Å². The smallest absolute Gasteiger partial charge is 0.285 e. The van der Waals surface area contributed by atoms with Crippen LogP contribution in [0.15, 0.2) is 57.8 Å². The molecule has 4 rings (SSSR count). The summed E-state index contributed by atoms with van der Waals surface area (Å²) in [7, 11) is -1.57. The number of hydrogen-bond donors (Lipinski definition) is 2. The van der Waals surface area contributed by atoms with Crippen LogP contribution in [-0.4, -0.2) is 51.2 Å². The minimum atomic E-state index is -3.66. The number of carbonyl (C=O) groups excluding carboxylic acids is 1. The van der Waals surface area contributed by atoms with Gasteiger partial charge >= 0.3 is 0 Å². The molecule has 0 spiro atoms. The molecular formula is C20H22N4O3S. The van der Waals surface area contributed by atoms with Crippen LogP contribution in [0.2, 0.25) is 0 Å². The Labute approximate surface area is 164 Å². The Morgan fingerprint density at radius 1 is 1.07 bits per heavy atom. The van der Waals surface area contributed by atoms with Gasteiger partial charge in [-0.2, -0.15) is 8.42 Å². The summed E-state index contributed by atoms with van der Waals surface area (Å²) in [5.74, 6) is 0.200. The lowest BCUT2D eigenvalue weighted by molar-refractivity contribution is 0.0917. The molecule has 1 fully saturated rings. The average Bonchev–Trinajstić information content (AvgIpc) is 2.95. The molecule has 0 aromatic heterocycles. The molecular weight excluding hydrogens is 376 g/mol. The van der Waals surface area contributed by atoms with E-state index >= 15 is 0 Å². The minimum Gasteiger partial charge on any atom is -0.349 e. The molecule has 0 saturated carbocycles. The number of amidine groups is 1. The fraction of sp³-hybridized carbons (Fsp3) is 0.300. The molecule has 146 valence electrons. The number of likely N-dealkylation sites (tertiary alicyclic amines) is 1. The van der Waals surface area contributed by atoms with Gasteiger partial charge in [0.05, 0.1) is 0 Å². The maximum atomic E-state index is 12.5. The maximum absolute atomic E-state index is 12.5. The van der Waals surface area contributed by atoms with Gasteiger partial charge in [-0.1, -0.05) is 12.1 Å². The number of sulfonamides is 1. The number of anilines is 1. The van der Waals surface area contributed by atoms with Gasteiger partial charge in [-0.05, 0) is 69.4 Å². The lowest BCUT2D eigenvalue weighted by Crippen LogP contribution is -2.43. The minimum absolute atomic E-state index is 0.0905. The van der Waals surface area contributed by atoms with Crippen molar-refractivity contribution in [2.75, 3.05) is 25.5 Å². The fourth-order valence-electron chi connectivity index (χ4n) is 3.46. The fourth-order valence-corrected chi connectivity index (χ4v) is 4.64. The van der Waals surface area contributed by atoms with Crippen LogP contribution in [0.3, 0.4) is 0 Å². The molecule has 2 N–H and O–H groups in total. The van der Waals surface area contributed by atoms with Gasteiger partial charge in [0.1, 0.15) is 4.90 Å². The molecule has 2 aromatic carbocycles. The van der Waals surface area contributed by atoms with E-state index < -0.39 is 10.0 Å². The van der Waals surface area contributed by atoms with Crippen molar-refractivity contribution in [2.24, 2.45) is 4.40 Å². The summed E-state index contributed by atoms with van der Waals surface area (Å²) in [5, 5.41) is 6.12. The van der Waals surface area contributed by atoms with Gasteiger partial charge in [0.25, 0.3) is 15.9 Å². The Bertz CT molecular complexity index is 1020. The zero-order valence-electron chi connectivity index (χ0n) is 15.6. The number of hydrogen-bond acceptors (Lipinski definition) is 5. The zero-order chi connectivity index (χ0) is 19.7. The van der Waals surface area contributed by atoms with Gasteiger partial charge in [-0.25, -0.2) is 0 Å². The van der Waals surface area contributed by atoms with Gasteiger partial charge < -0.3 is 15.5 Å². The van der Waals surface area contributed by atoms with Crippen LogP contribution in [0.4, 0.5) is 5.69 Å². The second-order valence-corrected chi connectivity index (χ2v) is 8.74. The summed E-state index contributed by atoms with van der Waals surface area (Å²) < 4.78 is 28.1. The first kappa shape index (κ1) is 18.6. The van der Waals surface area contributed by atoms with Crippen molar-refractivity contribution < 1.29 is 13.2 Å². The molecule has 2 aliphatic heterocycles. The summed E-state index contributed by atoms with van der Waals surface area (Å²) in [5.41, 5.74) is 1.79. The lowest BCUT2D eigenvalue weighted by atomic mass is 10.0. The van der Waals surface area contributed by atoms with Gasteiger partial charge in [0.15, 0.2) is 5.84 Å². The molecule has 0 radical (unpaired) electrons.